The van der Waals surface area contributed by atoms with Gasteiger partial charge in [0.25, 0.3) is 0 Å². The van der Waals surface area contributed by atoms with Crippen molar-refractivity contribution in [3.8, 4) is 0 Å². The highest BCUT2D eigenvalue weighted by molar-refractivity contribution is 8.00. The Morgan fingerprint density at radius 2 is 1.74 bits per heavy atom. The van der Waals surface area contributed by atoms with E-state index >= 15 is 0 Å². The van der Waals surface area contributed by atoms with E-state index in [0.717, 1.165) is 6.54 Å². The van der Waals surface area contributed by atoms with E-state index in [1.807, 2.05) is 11.8 Å². The van der Waals surface area contributed by atoms with Crippen molar-refractivity contribution in [2.75, 3.05) is 25.1 Å². The van der Waals surface area contributed by atoms with Gasteiger partial charge in [0.1, 0.15) is 0 Å². The van der Waals surface area contributed by atoms with Crippen LogP contribution < -0.4 is 5.32 Å². The number of hydrogen-bond donors (Lipinski definition) is 1. The maximum Gasteiger partial charge on any atom is 0.156 e. The van der Waals surface area contributed by atoms with Gasteiger partial charge >= 0.3 is 0 Å². The summed E-state index contributed by atoms with van der Waals surface area (Å²) in [6, 6.07) is 0. The molecule has 0 amide bonds. The topological polar surface area (TPSA) is 46.2 Å². The van der Waals surface area contributed by atoms with Crippen LogP contribution in [0.3, 0.4) is 0 Å². The Balaban J connectivity index is 2.38. The summed E-state index contributed by atoms with van der Waals surface area (Å²) in [6.45, 7) is 6.82. The summed E-state index contributed by atoms with van der Waals surface area (Å²) in [4.78, 5) is 0. The molecule has 0 radical (unpaired) electrons. The van der Waals surface area contributed by atoms with Gasteiger partial charge in [0.05, 0.1) is 10.5 Å². The molecule has 1 aliphatic rings. The van der Waals surface area contributed by atoms with Crippen LogP contribution in [0.4, 0.5) is 0 Å². The van der Waals surface area contributed by atoms with Crippen LogP contribution in [0.5, 0.6) is 0 Å². The number of sulfone groups is 1. The van der Waals surface area contributed by atoms with Crippen LogP contribution in [-0.2, 0) is 9.84 Å². The Hall–Kier alpha value is 0.260. The molecule has 0 bridgehead atoms. The van der Waals surface area contributed by atoms with E-state index in [4.69, 9.17) is 0 Å². The lowest BCUT2D eigenvalue weighted by molar-refractivity contribution is 0.382. The van der Waals surface area contributed by atoms with Gasteiger partial charge in [-0.2, -0.15) is 11.8 Å². The van der Waals surface area contributed by atoms with E-state index in [1.165, 1.54) is 32.1 Å². The summed E-state index contributed by atoms with van der Waals surface area (Å²) in [5.41, 5.74) is 0. The third kappa shape index (κ3) is 4.94. The third-order valence-corrected chi connectivity index (χ3v) is 8.15. The zero-order chi connectivity index (χ0) is 14.6. The Kier molecular flexibility index (Phi) is 6.21. The van der Waals surface area contributed by atoms with Crippen LogP contribution in [0.2, 0.25) is 0 Å². The molecule has 0 unspecified atom stereocenters. The lowest BCUT2D eigenvalue weighted by Gasteiger charge is -2.36. The fourth-order valence-electron chi connectivity index (χ4n) is 2.48. The minimum atomic E-state index is -3.00. The molecule has 0 aliphatic heterocycles. The van der Waals surface area contributed by atoms with E-state index in [2.05, 4.69) is 11.6 Å². The molecule has 5 heteroatoms. The summed E-state index contributed by atoms with van der Waals surface area (Å²) in [7, 11) is -3.00. The standard InChI is InChI=1S/C14H29NO2S2/c1-13(2,3)19(16,17)11-10-15-12-14(18-4)8-6-5-7-9-14/h15H,5-12H2,1-4H3. The summed E-state index contributed by atoms with van der Waals surface area (Å²) < 4.78 is 23.7. The lowest BCUT2D eigenvalue weighted by Crippen LogP contribution is -2.42. The zero-order valence-electron chi connectivity index (χ0n) is 12.8. The van der Waals surface area contributed by atoms with Gasteiger partial charge in [0.15, 0.2) is 9.84 Å². The smallest absolute Gasteiger partial charge is 0.156 e. The fourth-order valence-corrected chi connectivity index (χ4v) is 4.45. The molecule has 1 rings (SSSR count). The number of thioether (sulfide) groups is 1. The Morgan fingerprint density at radius 1 is 1.16 bits per heavy atom. The maximum atomic E-state index is 12.0. The number of nitrogens with one attached hydrogen (secondary N) is 1. The van der Waals surface area contributed by atoms with Crippen molar-refractivity contribution in [1.82, 2.24) is 5.32 Å². The molecular formula is C14H29NO2S2. The van der Waals surface area contributed by atoms with Crippen molar-refractivity contribution in [3.63, 3.8) is 0 Å². The van der Waals surface area contributed by atoms with Crippen LogP contribution in [0, 0.1) is 0 Å². The van der Waals surface area contributed by atoms with E-state index < -0.39 is 14.6 Å². The molecule has 1 saturated carbocycles. The van der Waals surface area contributed by atoms with Crippen molar-refractivity contribution in [1.29, 1.82) is 0 Å². The second-order valence-corrected chi connectivity index (χ2v) is 10.7. The molecule has 0 aromatic rings. The summed E-state index contributed by atoms with van der Waals surface area (Å²) >= 11 is 1.94. The fraction of sp³-hybridized carbons (Fsp3) is 1.00. The first-order valence-electron chi connectivity index (χ1n) is 7.21. The highest BCUT2D eigenvalue weighted by atomic mass is 32.2. The Morgan fingerprint density at radius 3 is 2.21 bits per heavy atom. The molecule has 3 nitrogen and oxygen atoms in total. The van der Waals surface area contributed by atoms with Gasteiger partial charge in [-0.1, -0.05) is 19.3 Å². The number of rotatable bonds is 6. The van der Waals surface area contributed by atoms with Crippen LogP contribution in [0.15, 0.2) is 0 Å². The predicted octanol–water partition coefficient (Wildman–Crippen LogP) is 2.86. The SMILES string of the molecule is CSC1(CNCCS(=O)(=O)C(C)(C)C)CCCCC1. The number of hydrogen-bond acceptors (Lipinski definition) is 4. The minimum absolute atomic E-state index is 0.237. The van der Waals surface area contributed by atoms with E-state index in [9.17, 15) is 8.42 Å². The van der Waals surface area contributed by atoms with Gasteiger partial charge in [-0.05, 0) is 39.9 Å². The van der Waals surface area contributed by atoms with Crippen molar-refractivity contribution >= 4 is 21.6 Å². The molecule has 1 fully saturated rings. The molecule has 0 heterocycles. The van der Waals surface area contributed by atoms with Gasteiger partial charge in [0.2, 0.25) is 0 Å². The molecule has 0 aromatic carbocycles. The van der Waals surface area contributed by atoms with Gasteiger partial charge < -0.3 is 5.32 Å². The quantitative estimate of drug-likeness (QED) is 0.767. The van der Waals surface area contributed by atoms with E-state index in [1.54, 1.807) is 20.8 Å². The molecule has 1 aliphatic carbocycles. The molecule has 0 saturated heterocycles. The van der Waals surface area contributed by atoms with Crippen molar-refractivity contribution in [3.05, 3.63) is 0 Å². The normalized spacial score (nSPS) is 20.4. The van der Waals surface area contributed by atoms with E-state index in [-0.39, 0.29) is 5.75 Å². The van der Waals surface area contributed by atoms with Gasteiger partial charge in [-0.25, -0.2) is 8.42 Å². The first-order chi connectivity index (χ1) is 8.72. The second-order valence-electron chi connectivity index (χ2n) is 6.56. The van der Waals surface area contributed by atoms with Gasteiger partial charge in [-0.15, -0.1) is 0 Å². The average Bonchev–Trinajstić information content (AvgIpc) is 2.34. The van der Waals surface area contributed by atoms with Crippen LogP contribution in [0.25, 0.3) is 0 Å². The molecule has 1 N–H and O–H groups in total. The van der Waals surface area contributed by atoms with Gasteiger partial charge in [0, 0.05) is 17.8 Å². The highest BCUT2D eigenvalue weighted by Gasteiger charge is 2.31. The Labute approximate surface area is 123 Å². The van der Waals surface area contributed by atoms with Crippen LogP contribution in [0.1, 0.15) is 52.9 Å². The van der Waals surface area contributed by atoms with E-state index in [0.29, 0.717) is 11.3 Å². The van der Waals surface area contributed by atoms with Crippen LogP contribution >= 0.6 is 11.8 Å². The monoisotopic (exact) mass is 307 g/mol. The van der Waals surface area contributed by atoms with Gasteiger partial charge in [-0.3, -0.25) is 0 Å². The molecule has 0 aromatic heterocycles. The molecule has 0 spiro atoms. The summed E-state index contributed by atoms with van der Waals surface area (Å²) in [6.07, 6.45) is 8.66. The zero-order valence-corrected chi connectivity index (χ0v) is 14.4. The largest absolute Gasteiger partial charge is 0.314 e. The molecule has 114 valence electrons. The highest BCUT2D eigenvalue weighted by Crippen LogP contribution is 2.37. The summed E-state index contributed by atoms with van der Waals surface area (Å²) in [5.74, 6) is 0.237. The molecular weight excluding hydrogens is 278 g/mol. The van der Waals surface area contributed by atoms with Crippen molar-refractivity contribution < 1.29 is 8.42 Å². The second kappa shape index (κ2) is 6.81. The van der Waals surface area contributed by atoms with Crippen molar-refractivity contribution in [2.45, 2.75) is 62.4 Å². The minimum Gasteiger partial charge on any atom is -0.314 e. The third-order valence-electron chi connectivity index (χ3n) is 4.13. The first kappa shape index (κ1) is 17.3. The predicted molar refractivity (Wildman–Crippen MR) is 85.7 cm³/mol. The lowest BCUT2D eigenvalue weighted by atomic mass is 9.88. The first-order valence-corrected chi connectivity index (χ1v) is 10.1. The van der Waals surface area contributed by atoms with Crippen molar-refractivity contribution in [2.24, 2.45) is 0 Å². The van der Waals surface area contributed by atoms with Crippen LogP contribution in [-0.4, -0.2) is 43.0 Å². The average molecular weight is 308 g/mol. The summed E-state index contributed by atoms with van der Waals surface area (Å²) in [5, 5.41) is 3.38. The molecule has 19 heavy (non-hydrogen) atoms. The Bertz CT molecular complexity index is 365. The molecule has 0 atom stereocenters. The maximum absolute atomic E-state index is 12.0.